The zero-order valence-corrected chi connectivity index (χ0v) is 9.81. The maximum atomic E-state index is 10.9. The quantitative estimate of drug-likeness (QED) is 0.891. The summed E-state index contributed by atoms with van der Waals surface area (Å²) in [7, 11) is 0. The number of benzene rings is 1. The second-order valence-electron chi connectivity index (χ2n) is 3.94. The number of hydrogen-bond acceptors (Lipinski definition) is 3. The van der Waals surface area contributed by atoms with Crippen LogP contribution in [-0.2, 0) is 0 Å². The lowest BCUT2D eigenvalue weighted by atomic mass is 10.2. The Bertz CT molecular complexity index is 589. The lowest BCUT2D eigenvalue weighted by molar-refractivity contribution is 0.0697. The van der Waals surface area contributed by atoms with Crippen LogP contribution in [0.2, 0.25) is 5.02 Å². The monoisotopic (exact) mass is 253 g/mol. The SMILES string of the molecule is O=C(O)c1cc(Cl)c2nc(C3CC3)sc2c1. The lowest BCUT2D eigenvalue weighted by Gasteiger charge is -1.95. The molecule has 1 aliphatic rings. The second kappa shape index (κ2) is 3.43. The molecule has 1 aromatic heterocycles. The third-order valence-corrected chi connectivity index (χ3v) is 4.09. The highest BCUT2D eigenvalue weighted by Crippen LogP contribution is 2.44. The first kappa shape index (κ1) is 10.1. The van der Waals surface area contributed by atoms with Crippen molar-refractivity contribution in [1.82, 2.24) is 4.98 Å². The predicted molar refractivity (Wildman–Crippen MR) is 63.6 cm³/mol. The number of halogens is 1. The Morgan fingerprint density at radius 3 is 2.88 bits per heavy atom. The Labute approximate surface area is 101 Å². The van der Waals surface area contributed by atoms with E-state index in [2.05, 4.69) is 4.98 Å². The Balaban J connectivity index is 2.21. The molecule has 1 fully saturated rings. The Hall–Kier alpha value is -1.13. The van der Waals surface area contributed by atoms with Gasteiger partial charge in [0.25, 0.3) is 0 Å². The molecule has 1 N–H and O–H groups in total. The molecule has 1 heterocycles. The molecule has 0 spiro atoms. The number of carboxylic acid groups (broad SMARTS) is 1. The molecule has 5 heteroatoms. The van der Waals surface area contributed by atoms with E-state index in [0.717, 1.165) is 15.2 Å². The normalized spacial score (nSPS) is 15.6. The van der Waals surface area contributed by atoms with Crippen LogP contribution in [0.4, 0.5) is 0 Å². The Kier molecular flexibility index (Phi) is 2.16. The van der Waals surface area contributed by atoms with E-state index in [-0.39, 0.29) is 5.56 Å². The summed E-state index contributed by atoms with van der Waals surface area (Å²) in [6.07, 6.45) is 2.37. The highest BCUT2D eigenvalue weighted by Gasteiger charge is 2.27. The van der Waals surface area contributed by atoms with E-state index in [1.807, 2.05) is 0 Å². The number of aromatic carboxylic acids is 1. The summed E-state index contributed by atoms with van der Waals surface area (Å²) in [5.41, 5.74) is 0.960. The highest BCUT2D eigenvalue weighted by atomic mass is 35.5. The molecule has 82 valence electrons. The molecular formula is C11H8ClNO2S. The minimum atomic E-state index is -0.954. The number of rotatable bonds is 2. The Morgan fingerprint density at radius 1 is 1.50 bits per heavy atom. The lowest BCUT2D eigenvalue weighted by Crippen LogP contribution is -1.95. The smallest absolute Gasteiger partial charge is 0.335 e. The third-order valence-electron chi connectivity index (χ3n) is 2.64. The number of thiazole rings is 1. The van der Waals surface area contributed by atoms with Gasteiger partial charge in [-0.15, -0.1) is 11.3 Å². The van der Waals surface area contributed by atoms with Gasteiger partial charge >= 0.3 is 5.97 Å². The average molecular weight is 254 g/mol. The molecule has 0 atom stereocenters. The number of carbonyl (C=O) groups is 1. The van der Waals surface area contributed by atoms with Crippen LogP contribution in [0.5, 0.6) is 0 Å². The summed E-state index contributed by atoms with van der Waals surface area (Å²) in [4.78, 5) is 15.3. The van der Waals surface area contributed by atoms with E-state index in [1.165, 1.54) is 18.9 Å². The van der Waals surface area contributed by atoms with Gasteiger partial charge in [-0.25, -0.2) is 9.78 Å². The van der Waals surface area contributed by atoms with Crippen LogP contribution in [0.15, 0.2) is 12.1 Å². The van der Waals surface area contributed by atoms with Crippen molar-refractivity contribution >= 4 is 39.1 Å². The third kappa shape index (κ3) is 1.58. The van der Waals surface area contributed by atoms with E-state index >= 15 is 0 Å². The molecule has 1 aliphatic carbocycles. The van der Waals surface area contributed by atoms with Gasteiger partial charge in [0.15, 0.2) is 0 Å². The summed E-state index contributed by atoms with van der Waals surface area (Å²) in [6.45, 7) is 0. The van der Waals surface area contributed by atoms with Crippen molar-refractivity contribution in [2.75, 3.05) is 0 Å². The zero-order valence-electron chi connectivity index (χ0n) is 8.24. The average Bonchev–Trinajstić information content (AvgIpc) is 2.98. The van der Waals surface area contributed by atoms with Crippen LogP contribution in [0.1, 0.15) is 34.1 Å². The van der Waals surface area contributed by atoms with Crippen molar-refractivity contribution in [3.63, 3.8) is 0 Å². The van der Waals surface area contributed by atoms with Crippen molar-refractivity contribution in [3.05, 3.63) is 27.7 Å². The van der Waals surface area contributed by atoms with Crippen LogP contribution in [-0.4, -0.2) is 16.1 Å². The maximum Gasteiger partial charge on any atom is 0.335 e. The largest absolute Gasteiger partial charge is 0.478 e. The van der Waals surface area contributed by atoms with E-state index in [1.54, 1.807) is 17.4 Å². The predicted octanol–water partition coefficient (Wildman–Crippen LogP) is 3.53. The van der Waals surface area contributed by atoms with Crippen LogP contribution < -0.4 is 0 Å². The molecule has 1 saturated carbocycles. The van der Waals surface area contributed by atoms with Gasteiger partial charge in [-0.2, -0.15) is 0 Å². The number of hydrogen-bond donors (Lipinski definition) is 1. The molecule has 16 heavy (non-hydrogen) atoms. The van der Waals surface area contributed by atoms with Crippen molar-refractivity contribution in [2.45, 2.75) is 18.8 Å². The van der Waals surface area contributed by atoms with Gasteiger partial charge in [0.2, 0.25) is 0 Å². The molecule has 2 aromatic rings. The Morgan fingerprint density at radius 2 is 2.25 bits per heavy atom. The fourth-order valence-corrected chi connectivity index (χ4v) is 3.15. The van der Waals surface area contributed by atoms with Gasteiger partial charge in [-0.05, 0) is 25.0 Å². The summed E-state index contributed by atoms with van der Waals surface area (Å²) < 4.78 is 0.867. The van der Waals surface area contributed by atoms with Gasteiger partial charge in [-0.1, -0.05) is 11.6 Å². The molecule has 3 nitrogen and oxygen atoms in total. The first-order chi connectivity index (χ1) is 7.65. The van der Waals surface area contributed by atoms with E-state index in [9.17, 15) is 4.79 Å². The van der Waals surface area contributed by atoms with Gasteiger partial charge in [0, 0.05) is 5.92 Å². The summed E-state index contributed by atoms with van der Waals surface area (Å²) >= 11 is 7.58. The maximum absolute atomic E-state index is 10.9. The molecule has 0 amide bonds. The summed E-state index contributed by atoms with van der Waals surface area (Å²) in [5, 5.41) is 10.4. The summed E-state index contributed by atoms with van der Waals surface area (Å²) in [6, 6.07) is 3.11. The molecule has 0 radical (unpaired) electrons. The van der Waals surface area contributed by atoms with E-state index in [4.69, 9.17) is 16.7 Å². The van der Waals surface area contributed by atoms with Crippen molar-refractivity contribution in [3.8, 4) is 0 Å². The standard InChI is InChI=1S/C11H8ClNO2S/c12-7-3-6(11(14)15)4-8-9(7)13-10(16-8)5-1-2-5/h3-5H,1-2H2,(H,14,15). The van der Waals surface area contributed by atoms with Gasteiger partial charge in [0.1, 0.15) is 5.52 Å². The second-order valence-corrected chi connectivity index (χ2v) is 5.41. The van der Waals surface area contributed by atoms with Crippen LogP contribution in [0.25, 0.3) is 10.2 Å². The van der Waals surface area contributed by atoms with Gasteiger partial charge in [-0.3, -0.25) is 0 Å². The minimum Gasteiger partial charge on any atom is -0.478 e. The van der Waals surface area contributed by atoms with Crippen LogP contribution in [0.3, 0.4) is 0 Å². The fraction of sp³-hybridized carbons (Fsp3) is 0.273. The highest BCUT2D eigenvalue weighted by molar-refractivity contribution is 7.18. The van der Waals surface area contributed by atoms with Crippen molar-refractivity contribution in [2.24, 2.45) is 0 Å². The molecule has 0 saturated heterocycles. The fourth-order valence-electron chi connectivity index (χ4n) is 1.63. The van der Waals surface area contributed by atoms with Crippen LogP contribution in [0, 0.1) is 0 Å². The van der Waals surface area contributed by atoms with E-state index in [0.29, 0.717) is 10.9 Å². The molecule has 0 aliphatic heterocycles. The number of fused-ring (bicyclic) bond motifs is 1. The first-order valence-corrected chi connectivity index (χ1v) is 6.18. The van der Waals surface area contributed by atoms with E-state index < -0.39 is 5.97 Å². The first-order valence-electron chi connectivity index (χ1n) is 4.98. The zero-order chi connectivity index (χ0) is 11.3. The van der Waals surface area contributed by atoms with Crippen molar-refractivity contribution in [1.29, 1.82) is 0 Å². The molecule has 0 bridgehead atoms. The minimum absolute atomic E-state index is 0.225. The van der Waals surface area contributed by atoms with Crippen molar-refractivity contribution < 1.29 is 9.90 Å². The molecular weight excluding hydrogens is 246 g/mol. The van der Waals surface area contributed by atoms with Gasteiger partial charge in [0.05, 0.1) is 20.3 Å². The topological polar surface area (TPSA) is 50.2 Å². The molecule has 3 rings (SSSR count). The molecule has 0 unspecified atom stereocenters. The molecule has 1 aromatic carbocycles. The summed E-state index contributed by atoms with van der Waals surface area (Å²) in [5.74, 6) is -0.382. The number of aromatic nitrogens is 1. The number of nitrogens with zero attached hydrogens (tertiary/aromatic N) is 1. The van der Waals surface area contributed by atoms with Crippen LogP contribution >= 0.6 is 22.9 Å². The number of carboxylic acids is 1. The van der Waals surface area contributed by atoms with Gasteiger partial charge < -0.3 is 5.11 Å².